The van der Waals surface area contributed by atoms with Gasteiger partial charge in [-0.2, -0.15) is 5.26 Å². The van der Waals surface area contributed by atoms with E-state index in [4.69, 9.17) is 18.3 Å². The van der Waals surface area contributed by atoms with Crippen LogP contribution in [0.4, 0.5) is 0 Å². The number of rotatable bonds is 7. The Bertz CT molecular complexity index is 881. The zero-order valence-corrected chi connectivity index (χ0v) is 14.9. The number of hydrogen-bond acceptors (Lipinski definition) is 6. The van der Waals surface area contributed by atoms with Gasteiger partial charge >= 0.3 is 0 Å². The number of hydrogen-bond donors (Lipinski definition) is 0. The van der Waals surface area contributed by atoms with E-state index in [-0.39, 0.29) is 0 Å². The number of oxazole rings is 1. The van der Waals surface area contributed by atoms with Crippen LogP contribution in [0.3, 0.4) is 0 Å². The van der Waals surface area contributed by atoms with Crippen LogP contribution in [-0.4, -0.2) is 25.3 Å². The van der Waals surface area contributed by atoms with Crippen LogP contribution in [0.15, 0.2) is 57.9 Å². The Morgan fingerprint density at radius 2 is 2.08 bits per heavy atom. The van der Waals surface area contributed by atoms with Crippen molar-refractivity contribution in [2.75, 3.05) is 14.2 Å². The van der Waals surface area contributed by atoms with Gasteiger partial charge in [-0.15, -0.1) is 0 Å². The van der Waals surface area contributed by atoms with Crippen molar-refractivity contribution in [3.05, 3.63) is 71.8 Å². The van der Waals surface area contributed by atoms with Gasteiger partial charge in [-0.25, -0.2) is 4.98 Å². The highest BCUT2D eigenvalue weighted by Gasteiger charge is 2.47. The van der Waals surface area contributed by atoms with Crippen molar-refractivity contribution < 1.29 is 18.3 Å². The van der Waals surface area contributed by atoms with Crippen molar-refractivity contribution in [1.82, 2.24) is 4.98 Å². The van der Waals surface area contributed by atoms with Gasteiger partial charge in [0.1, 0.15) is 17.8 Å². The maximum atomic E-state index is 10.3. The minimum absolute atomic E-state index is 0.314. The van der Waals surface area contributed by atoms with Crippen LogP contribution in [0.2, 0.25) is 0 Å². The smallest absolute Gasteiger partial charge is 0.196 e. The molecular formula is C20H20N2O4. The van der Waals surface area contributed by atoms with Gasteiger partial charge in [-0.05, 0) is 42.3 Å². The number of methoxy groups -OCH3 is 2. The molecule has 0 radical (unpaired) electrons. The van der Waals surface area contributed by atoms with Crippen molar-refractivity contribution in [2.45, 2.75) is 24.9 Å². The first kappa shape index (κ1) is 17.8. The third-order valence-corrected chi connectivity index (χ3v) is 4.44. The molecule has 26 heavy (non-hydrogen) atoms. The van der Waals surface area contributed by atoms with E-state index in [2.05, 4.69) is 11.1 Å². The molecule has 6 heteroatoms. The minimum Gasteiger partial charge on any atom is -0.497 e. The molecule has 6 nitrogen and oxygen atoms in total. The molecule has 2 unspecified atom stereocenters. The molecule has 1 aromatic carbocycles. The zero-order valence-electron chi connectivity index (χ0n) is 14.9. The second-order valence-electron chi connectivity index (χ2n) is 5.99. The molecule has 0 spiro atoms. The molecule has 3 aromatic rings. The summed E-state index contributed by atoms with van der Waals surface area (Å²) in [6, 6.07) is 11.6. The van der Waals surface area contributed by atoms with Crippen LogP contribution in [-0.2, 0) is 16.6 Å². The van der Waals surface area contributed by atoms with Crippen molar-refractivity contribution in [2.24, 2.45) is 0 Å². The lowest BCUT2D eigenvalue weighted by atomic mass is 9.73. The molecule has 0 saturated heterocycles. The summed E-state index contributed by atoms with van der Waals surface area (Å²) >= 11 is 0. The lowest BCUT2D eigenvalue weighted by molar-refractivity contribution is 0.0550. The minimum atomic E-state index is -1.19. The average molecular weight is 352 g/mol. The van der Waals surface area contributed by atoms with E-state index >= 15 is 0 Å². The Hall–Kier alpha value is -3.04. The quantitative estimate of drug-likeness (QED) is 0.645. The SMILES string of the molecule is COc1cc(C)cc(C(C#N)(c2ccco2)C(Cc2ncco2)OC)c1. The predicted molar refractivity (Wildman–Crippen MR) is 93.8 cm³/mol. The van der Waals surface area contributed by atoms with Gasteiger partial charge in [0.05, 0.1) is 38.2 Å². The number of aryl methyl sites for hydroxylation is 1. The van der Waals surface area contributed by atoms with Crippen molar-refractivity contribution >= 4 is 0 Å². The number of aromatic nitrogens is 1. The maximum Gasteiger partial charge on any atom is 0.196 e. The average Bonchev–Trinajstić information content (AvgIpc) is 3.35. The van der Waals surface area contributed by atoms with E-state index in [9.17, 15) is 5.26 Å². The fraction of sp³-hybridized carbons (Fsp3) is 0.300. The highest BCUT2D eigenvalue weighted by atomic mass is 16.5. The molecule has 0 fully saturated rings. The van der Waals surface area contributed by atoms with Gasteiger partial charge in [0.25, 0.3) is 0 Å². The maximum absolute atomic E-state index is 10.3. The number of nitrogens with zero attached hydrogens (tertiary/aromatic N) is 2. The zero-order chi connectivity index (χ0) is 18.6. The van der Waals surface area contributed by atoms with Crippen LogP contribution in [0.1, 0.15) is 22.8 Å². The van der Waals surface area contributed by atoms with Gasteiger partial charge in [0, 0.05) is 7.11 Å². The summed E-state index contributed by atoms with van der Waals surface area (Å²) in [6.45, 7) is 1.95. The molecule has 0 aliphatic rings. The largest absolute Gasteiger partial charge is 0.497 e. The molecule has 2 heterocycles. The van der Waals surface area contributed by atoms with Crippen molar-refractivity contribution in [3.63, 3.8) is 0 Å². The summed E-state index contributed by atoms with van der Waals surface area (Å²) in [7, 11) is 3.16. The third-order valence-electron chi connectivity index (χ3n) is 4.44. The Kier molecular flexibility index (Phi) is 5.10. The first-order chi connectivity index (χ1) is 12.6. The summed E-state index contributed by atoms with van der Waals surface area (Å²) in [5, 5.41) is 10.3. The number of benzene rings is 1. The third kappa shape index (κ3) is 3.09. The van der Waals surface area contributed by atoms with Crippen LogP contribution >= 0.6 is 0 Å². The number of ether oxygens (including phenoxy) is 2. The van der Waals surface area contributed by atoms with E-state index in [0.717, 1.165) is 11.1 Å². The summed E-state index contributed by atoms with van der Waals surface area (Å²) in [5.74, 6) is 1.64. The summed E-state index contributed by atoms with van der Waals surface area (Å²) < 4.78 is 22.2. The number of nitriles is 1. The highest BCUT2D eigenvalue weighted by molar-refractivity contribution is 5.48. The van der Waals surface area contributed by atoms with Crippen LogP contribution in [0.5, 0.6) is 5.75 Å². The van der Waals surface area contributed by atoms with Gasteiger partial charge in [-0.1, -0.05) is 6.07 Å². The molecule has 0 bridgehead atoms. The summed E-state index contributed by atoms with van der Waals surface area (Å²) in [4.78, 5) is 4.17. The fourth-order valence-electron chi connectivity index (χ4n) is 3.20. The van der Waals surface area contributed by atoms with Gasteiger partial charge < -0.3 is 18.3 Å². The van der Waals surface area contributed by atoms with E-state index in [1.807, 2.05) is 25.1 Å². The molecule has 2 atom stereocenters. The second kappa shape index (κ2) is 7.46. The van der Waals surface area contributed by atoms with Gasteiger partial charge in [-0.3, -0.25) is 0 Å². The van der Waals surface area contributed by atoms with Crippen molar-refractivity contribution in [3.8, 4) is 11.8 Å². The lowest BCUT2D eigenvalue weighted by Crippen LogP contribution is -2.42. The molecule has 0 amide bonds. The molecular weight excluding hydrogens is 332 g/mol. The summed E-state index contributed by atoms with van der Waals surface area (Å²) in [5.41, 5.74) is 0.508. The first-order valence-corrected chi connectivity index (χ1v) is 8.16. The summed E-state index contributed by atoms with van der Waals surface area (Å²) in [6.07, 6.45) is 4.35. The first-order valence-electron chi connectivity index (χ1n) is 8.16. The molecule has 2 aromatic heterocycles. The monoisotopic (exact) mass is 352 g/mol. The van der Waals surface area contributed by atoms with E-state index in [0.29, 0.717) is 23.8 Å². The Labute approximate surface area is 152 Å². The van der Waals surface area contributed by atoms with Gasteiger partial charge in [0.2, 0.25) is 0 Å². The highest BCUT2D eigenvalue weighted by Crippen LogP contribution is 2.40. The van der Waals surface area contributed by atoms with E-state index in [1.54, 1.807) is 38.8 Å². The number of furan rings is 1. The Balaban J connectivity index is 2.19. The molecule has 0 aliphatic carbocycles. The normalized spacial score (nSPS) is 14.4. The molecule has 0 N–H and O–H groups in total. The fourth-order valence-corrected chi connectivity index (χ4v) is 3.20. The van der Waals surface area contributed by atoms with Crippen LogP contribution in [0, 0.1) is 18.3 Å². The molecule has 0 saturated carbocycles. The van der Waals surface area contributed by atoms with E-state index in [1.165, 1.54) is 6.26 Å². The molecule has 134 valence electrons. The lowest BCUT2D eigenvalue weighted by Gasteiger charge is -2.32. The predicted octanol–water partition coefficient (Wildman–Crippen LogP) is 3.65. The van der Waals surface area contributed by atoms with Crippen LogP contribution < -0.4 is 4.74 Å². The van der Waals surface area contributed by atoms with Crippen molar-refractivity contribution in [1.29, 1.82) is 5.26 Å². The topological polar surface area (TPSA) is 81.4 Å². The van der Waals surface area contributed by atoms with Gasteiger partial charge in [0.15, 0.2) is 11.3 Å². The second-order valence-corrected chi connectivity index (χ2v) is 5.99. The molecule has 3 rings (SSSR count). The standard InChI is InChI=1S/C20H20N2O4/c1-14-9-15(11-16(10-14)23-2)20(13-21,17-5-4-7-25-17)18(24-3)12-19-22-6-8-26-19/h4-11,18H,12H2,1-3H3. The van der Waals surface area contributed by atoms with Crippen LogP contribution in [0.25, 0.3) is 0 Å². The molecule has 0 aliphatic heterocycles. The Morgan fingerprint density at radius 3 is 2.65 bits per heavy atom. The van der Waals surface area contributed by atoms with E-state index < -0.39 is 11.5 Å². The Morgan fingerprint density at radius 1 is 1.23 bits per heavy atom.